The van der Waals surface area contributed by atoms with Gasteiger partial charge >= 0.3 is 0 Å². The molecular formula is C10H9ClO. The molecule has 2 heteroatoms. The smallest absolute Gasteiger partial charge is 0.123 e. The first-order valence-corrected chi connectivity index (χ1v) is 4.40. The van der Waals surface area contributed by atoms with Crippen LogP contribution in [-0.2, 0) is 4.79 Å². The minimum absolute atomic E-state index is 0.239. The lowest BCUT2D eigenvalue weighted by atomic mass is 10.1. The number of hydrogen-bond donors (Lipinski definition) is 0. The summed E-state index contributed by atoms with van der Waals surface area (Å²) in [6, 6.07) is 7.75. The third-order valence-corrected chi connectivity index (χ3v) is 2.53. The standard InChI is InChI=1S/C10H9ClO/c11-9-3-1-2-7(4-9)10-5-8(10)6-12/h1-4,6,8,10H,5H2/t8-,10-/m1/s1. The zero-order chi connectivity index (χ0) is 8.55. The Hall–Kier alpha value is -0.820. The maximum absolute atomic E-state index is 10.4. The van der Waals surface area contributed by atoms with Gasteiger partial charge in [-0.15, -0.1) is 0 Å². The van der Waals surface area contributed by atoms with E-state index >= 15 is 0 Å². The van der Waals surface area contributed by atoms with Gasteiger partial charge in [0.25, 0.3) is 0 Å². The highest BCUT2D eigenvalue weighted by Crippen LogP contribution is 2.46. The molecule has 0 bridgehead atoms. The van der Waals surface area contributed by atoms with E-state index in [9.17, 15) is 4.79 Å². The molecule has 1 aliphatic rings. The van der Waals surface area contributed by atoms with Crippen LogP contribution >= 0.6 is 11.6 Å². The number of aldehydes is 1. The molecule has 1 aromatic rings. The van der Waals surface area contributed by atoms with Crippen LogP contribution in [-0.4, -0.2) is 6.29 Å². The van der Waals surface area contributed by atoms with Gasteiger partial charge in [-0.2, -0.15) is 0 Å². The molecule has 0 spiro atoms. The average Bonchev–Trinajstić information content (AvgIpc) is 2.83. The zero-order valence-corrected chi connectivity index (χ0v) is 7.29. The maximum atomic E-state index is 10.4. The third-order valence-electron chi connectivity index (χ3n) is 2.29. The van der Waals surface area contributed by atoms with Crippen LogP contribution in [0.5, 0.6) is 0 Å². The summed E-state index contributed by atoms with van der Waals surface area (Å²) < 4.78 is 0. The fourth-order valence-corrected chi connectivity index (χ4v) is 1.68. The van der Waals surface area contributed by atoms with Crippen molar-refractivity contribution in [2.45, 2.75) is 12.3 Å². The normalized spacial score (nSPS) is 26.8. The summed E-state index contributed by atoms with van der Waals surface area (Å²) >= 11 is 5.82. The number of carbonyl (C=O) groups is 1. The fourth-order valence-electron chi connectivity index (χ4n) is 1.49. The lowest BCUT2D eigenvalue weighted by Gasteiger charge is -1.97. The highest BCUT2D eigenvalue weighted by atomic mass is 35.5. The van der Waals surface area contributed by atoms with Crippen molar-refractivity contribution < 1.29 is 4.79 Å². The topological polar surface area (TPSA) is 17.1 Å². The van der Waals surface area contributed by atoms with Crippen LogP contribution in [0, 0.1) is 5.92 Å². The second-order valence-electron chi connectivity index (χ2n) is 3.20. The molecule has 12 heavy (non-hydrogen) atoms. The SMILES string of the molecule is O=C[C@H]1C[C@@H]1c1cccc(Cl)c1. The van der Waals surface area contributed by atoms with Gasteiger partial charge in [0.15, 0.2) is 0 Å². The summed E-state index contributed by atoms with van der Waals surface area (Å²) in [7, 11) is 0. The monoisotopic (exact) mass is 180 g/mol. The van der Waals surface area contributed by atoms with E-state index in [0.29, 0.717) is 5.92 Å². The molecule has 0 heterocycles. The van der Waals surface area contributed by atoms with E-state index in [1.165, 1.54) is 5.56 Å². The second kappa shape index (κ2) is 2.91. The minimum Gasteiger partial charge on any atom is -0.303 e. The molecule has 62 valence electrons. The molecule has 1 aromatic carbocycles. The van der Waals surface area contributed by atoms with Crippen molar-refractivity contribution in [2.24, 2.45) is 5.92 Å². The summed E-state index contributed by atoms with van der Waals surface area (Å²) in [5.74, 6) is 0.671. The van der Waals surface area contributed by atoms with Crippen molar-refractivity contribution in [1.29, 1.82) is 0 Å². The Morgan fingerprint density at radius 2 is 2.33 bits per heavy atom. The van der Waals surface area contributed by atoms with Crippen LogP contribution in [0.15, 0.2) is 24.3 Å². The van der Waals surface area contributed by atoms with Gasteiger partial charge < -0.3 is 4.79 Å². The number of benzene rings is 1. The average molecular weight is 181 g/mol. The van der Waals surface area contributed by atoms with Crippen LogP contribution in [0.25, 0.3) is 0 Å². The van der Waals surface area contributed by atoms with Gasteiger partial charge in [-0.3, -0.25) is 0 Å². The predicted octanol–water partition coefficient (Wildman–Crippen LogP) is 2.64. The first kappa shape index (κ1) is 7.81. The number of halogens is 1. The first-order chi connectivity index (χ1) is 5.81. The van der Waals surface area contributed by atoms with Gasteiger partial charge in [-0.1, -0.05) is 23.7 Å². The molecule has 0 radical (unpaired) electrons. The molecule has 0 aromatic heterocycles. The summed E-state index contributed by atoms with van der Waals surface area (Å²) in [6.07, 6.45) is 2.02. The summed E-state index contributed by atoms with van der Waals surface area (Å²) in [5.41, 5.74) is 1.19. The van der Waals surface area contributed by atoms with E-state index in [1.807, 2.05) is 24.3 Å². The van der Waals surface area contributed by atoms with Crippen molar-refractivity contribution in [3.8, 4) is 0 Å². The molecule has 0 aliphatic heterocycles. The van der Waals surface area contributed by atoms with Crippen LogP contribution in [0.4, 0.5) is 0 Å². The van der Waals surface area contributed by atoms with Crippen molar-refractivity contribution in [1.82, 2.24) is 0 Å². The molecule has 2 atom stereocenters. The van der Waals surface area contributed by atoms with E-state index in [0.717, 1.165) is 17.7 Å². The van der Waals surface area contributed by atoms with Gasteiger partial charge in [-0.05, 0) is 30.0 Å². The summed E-state index contributed by atoms with van der Waals surface area (Å²) in [4.78, 5) is 10.4. The van der Waals surface area contributed by atoms with Crippen molar-refractivity contribution in [3.05, 3.63) is 34.9 Å². The van der Waals surface area contributed by atoms with Crippen LogP contribution in [0.2, 0.25) is 5.02 Å². The van der Waals surface area contributed by atoms with Gasteiger partial charge in [0.2, 0.25) is 0 Å². The predicted molar refractivity (Wildman–Crippen MR) is 48.4 cm³/mol. The maximum Gasteiger partial charge on any atom is 0.123 e. The van der Waals surface area contributed by atoms with E-state index in [4.69, 9.17) is 11.6 Å². The molecule has 0 unspecified atom stereocenters. The summed E-state index contributed by atoms with van der Waals surface area (Å²) in [6.45, 7) is 0. The second-order valence-corrected chi connectivity index (χ2v) is 3.63. The van der Waals surface area contributed by atoms with Crippen LogP contribution in [0.1, 0.15) is 17.9 Å². The minimum atomic E-state index is 0.239. The highest BCUT2D eigenvalue weighted by molar-refractivity contribution is 6.30. The molecular weight excluding hydrogens is 172 g/mol. The molecule has 0 N–H and O–H groups in total. The number of rotatable bonds is 2. The van der Waals surface area contributed by atoms with Crippen molar-refractivity contribution in [2.75, 3.05) is 0 Å². The van der Waals surface area contributed by atoms with Gasteiger partial charge in [0.05, 0.1) is 0 Å². The molecule has 1 fully saturated rings. The van der Waals surface area contributed by atoms with E-state index in [2.05, 4.69) is 0 Å². The van der Waals surface area contributed by atoms with E-state index in [-0.39, 0.29) is 5.92 Å². The largest absolute Gasteiger partial charge is 0.303 e. The highest BCUT2D eigenvalue weighted by Gasteiger charge is 2.37. The Morgan fingerprint density at radius 3 is 2.92 bits per heavy atom. The van der Waals surface area contributed by atoms with Gasteiger partial charge in [0.1, 0.15) is 6.29 Å². The first-order valence-electron chi connectivity index (χ1n) is 4.02. The molecule has 0 amide bonds. The lowest BCUT2D eigenvalue weighted by Crippen LogP contribution is -1.83. The van der Waals surface area contributed by atoms with Crippen LogP contribution in [0.3, 0.4) is 0 Å². The van der Waals surface area contributed by atoms with Crippen LogP contribution < -0.4 is 0 Å². The Morgan fingerprint density at radius 1 is 1.50 bits per heavy atom. The molecule has 0 saturated heterocycles. The summed E-state index contributed by atoms with van der Waals surface area (Å²) in [5, 5.41) is 0.754. The van der Waals surface area contributed by atoms with E-state index < -0.39 is 0 Å². The molecule has 1 saturated carbocycles. The van der Waals surface area contributed by atoms with Gasteiger partial charge in [-0.25, -0.2) is 0 Å². The van der Waals surface area contributed by atoms with Gasteiger partial charge in [0, 0.05) is 10.9 Å². The number of carbonyl (C=O) groups excluding carboxylic acids is 1. The van der Waals surface area contributed by atoms with Crippen molar-refractivity contribution in [3.63, 3.8) is 0 Å². The number of hydrogen-bond acceptors (Lipinski definition) is 1. The van der Waals surface area contributed by atoms with E-state index in [1.54, 1.807) is 0 Å². The quantitative estimate of drug-likeness (QED) is 0.640. The fraction of sp³-hybridized carbons (Fsp3) is 0.300. The molecule has 2 rings (SSSR count). The Balaban J connectivity index is 2.19. The third kappa shape index (κ3) is 1.37. The van der Waals surface area contributed by atoms with Crippen molar-refractivity contribution >= 4 is 17.9 Å². The zero-order valence-electron chi connectivity index (χ0n) is 6.53. The molecule has 1 nitrogen and oxygen atoms in total. The Labute approximate surface area is 76.4 Å². The Bertz CT molecular complexity index is 308. The molecule has 1 aliphatic carbocycles. The lowest BCUT2D eigenvalue weighted by molar-refractivity contribution is -0.108. The Kier molecular flexibility index (Phi) is 1.89.